The van der Waals surface area contributed by atoms with Crippen LogP contribution in [0.3, 0.4) is 0 Å². The van der Waals surface area contributed by atoms with Gasteiger partial charge in [-0.25, -0.2) is 0 Å². The molecule has 0 saturated heterocycles. The Hall–Kier alpha value is -8.98. The van der Waals surface area contributed by atoms with Crippen molar-refractivity contribution in [1.29, 1.82) is 0 Å². The van der Waals surface area contributed by atoms with Crippen LogP contribution in [0.25, 0.3) is 94.3 Å². The summed E-state index contributed by atoms with van der Waals surface area (Å²) in [6.07, 6.45) is 6.33. The summed E-state index contributed by atoms with van der Waals surface area (Å²) >= 11 is 0. The third-order valence-corrected chi connectivity index (χ3v) is 16.2. The molecule has 0 atom stereocenters. The van der Waals surface area contributed by atoms with E-state index in [1.165, 1.54) is 126 Å². The number of anilines is 3. The predicted octanol–water partition coefficient (Wildman–Crippen LogP) is 19.8. The fourth-order valence-electron chi connectivity index (χ4n) is 12.9. The summed E-state index contributed by atoms with van der Waals surface area (Å²) in [5.74, 6) is 0. The van der Waals surface area contributed by atoms with Crippen molar-refractivity contribution in [2.45, 2.75) is 37.5 Å². The highest BCUT2D eigenvalue weighted by atomic mass is 15.1. The maximum atomic E-state index is 2.53. The highest BCUT2D eigenvalue weighted by molar-refractivity contribution is 6.16. The van der Waals surface area contributed by atoms with Crippen molar-refractivity contribution in [3.63, 3.8) is 0 Å². The van der Waals surface area contributed by atoms with E-state index in [1.54, 1.807) is 0 Å². The van der Waals surface area contributed by atoms with Crippen molar-refractivity contribution in [3.8, 4) is 72.4 Å². The zero-order valence-electron chi connectivity index (χ0n) is 41.3. The SMILES string of the molecule is c1ccc(-c2ccccc2-c2ccccc2-c2ccccc2N(c2ccc(-c3ccc4c(c3)C3(CCCCC3)c3ccccc3-4)cc2)c2ccc(-c3cccc4c3c3ccccc3n4-c3ccccc3)cc2)cc1. The van der Waals surface area contributed by atoms with E-state index in [9.17, 15) is 0 Å². The third kappa shape index (κ3) is 7.24. The Morgan fingerprint density at radius 1 is 0.311 bits per heavy atom. The van der Waals surface area contributed by atoms with Gasteiger partial charge in [0.25, 0.3) is 0 Å². The van der Waals surface area contributed by atoms with Gasteiger partial charge in [0.1, 0.15) is 0 Å². The topological polar surface area (TPSA) is 8.17 Å². The number of fused-ring (bicyclic) bond motifs is 8. The molecule has 0 bridgehead atoms. The molecule has 2 nitrogen and oxygen atoms in total. The fourth-order valence-corrected chi connectivity index (χ4v) is 12.9. The minimum Gasteiger partial charge on any atom is -0.310 e. The number of hydrogen-bond donors (Lipinski definition) is 0. The van der Waals surface area contributed by atoms with Gasteiger partial charge in [-0.2, -0.15) is 0 Å². The summed E-state index contributed by atoms with van der Waals surface area (Å²) < 4.78 is 2.40. The van der Waals surface area contributed by atoms with E-state index in [4.69, 9.17) is 0 Å². The van der Waals surface area contributed by atoms with Crippen molar-refractivity contribution in [3.05, 3.63) is 278 Å². The number of rotatable bonds is 9. The lowest BCUT2D eigenvalue weighted by atomic mass is 9.67. The van der Waals surface area contributed by atoms with Gasteiger partial charge < -0.3 is 9.47 Å². The molecule has 1 spiro atoms. The molecule has 74 heavy (non-hydrogen) atoms. The van der Waals surface area contributed by atoms with Crippen LogP contribution >= 0.6 is 0 Å². The molecular weight excluding hydrogens is 893 g/mol. The van der Waals surface area contributed by atoms with Crippen LogP contribution in [-0.4, -0.2) is 4.57 Å². The lowest BCUT2D eigenvalue weighted by molar-refractivity contribution is 0.353. The van der Waals surface area contributed by atoms with Crippen LogP contribution in [0.2, 0.25) is 0 Å². The molecule has 0 unspecified atom stereocenters. The van der Waals surface area contributed by atoms with Crippen LogP contribution in [0.4, 0.5) is 17.1 Å². The van der Waals surface area contributed by atoms with E-state index in [1.807, 2.05) is 0 Å². The van der Waals surface area contributed by atoms with E-state index in [-0.39, 0.29) is 5.41 Å². The van der Waals surface area contributed by atoms with Gasteiger partial charge in [0, 0.05) is 38.8 Å². The van der Waals surface area contributed by atoms with Gasteiger partial charge in [0.2, 0.25) is 0 Å². The monoisotopic (exact) mass is 946 g/mol. The van der Waals surface area contributed by atoms with Gasteiger partial charge in [0.05, 0.1) is 16.7 Å². The van der Waals surface area contributed by atoms with E-state index in [0.29, 0.717) is 0 Å². The molecule has 2 aliphatic rings. The molecule has 1 fully saturated rings. The van der Waals surface area contributed by atoms with Crippen molar-refractivity contribution >= 4 is 38.9 Å². The van der Waals surface area contributed by atoms with Crippen LogP contribution in [0.15, 0.2) is 267 Å². The van der Waals surface area contributed by atoms with Gasteiger partial charge in [-0.15, -0.1) is 0 Å². The second kappa shape index (κ2) is 18.3. The molecule has 0 radical (unpaired) electrons. The molecule has 0 N–H and O–H groups in total. The van der Waals surface area contributed by atoms with Crippen LogP contribution < -0.4 is 4.90 Å². The number of nitrogens with zero attached hydrogens (tertiary/aromatic N) is 2. The molecule has 0 amide bonds. The molecule has 14 rings (SSSR count). The summed E-state index contributed by atoms with van der Waals surface area (Å²) in [4.78, 5) is 2.46. The number of benzene rings is 11. The summed E-state index contributed by atoms with van der Waals surface area (Å²) in [7, 11) is 0. The Morgan fingerprint density at radius 3 is 1.54 bits per heavy atom. The smallest absolute Gasteiger partial charge is 0.0547 e. The minimum absolute atomic E-state index is 0.106. The second-order valence-electron chi connectivity index (χ2n) is 20.2. The number of para-hydroxylation sites is 3. The van der Waals surface area contributed by atoms with Crippen molar-refractivity contribution in [1.82, 2.24) is 4.57 Å². The second-order valence-corrected chi connectivity index (χ2v) is 20.2. The molecule has 0 aliphatic heterocycles. The number of hydrogen-bond acceptors (Lipinski definition) is 1. The van der Waals surface area contributed by atoms with Crippen molar-refractivity contribution < 1.29 is 0 Å². The average Bonchev–Trinajstić information content (AvgIpc) is 3.96. The summed E-state index contributed by atoms with van der Waals surface area (Å²) in [6.45, 7) is 0. The Kier molecular flexibility index (Phi) is 10.8. The molecule has 1 aromatic heterocycles. The van der Waals surface area contributed by atoms with Gasteiger partial charge in [-0.3, -0.25) is 0 Å². The molecule has 352 valence electrons. The largest absolute Gasteiger partial charge is 0.310 e. The number of aromatic nitrogens is 1. The molecule has 11 aromatic carbocycles. The van der Waals surface area contributed by atoms with Crippen LogP contribution in [0, 0.1) is 0 Å². The van der Waals surface area contributed by atoms with Gasteiger partial charge >= 0.3 is 0 Å². The Balaban J connectivity index is 0.908. The maximum absolute atomic E-state index is 2.53. The lowest BCUT2D eigenvalue weighted by Gasteiger charge is -2.36. The Labute approximate surface area is 434 Å². The molecule has 12 aromatic rings. The van der Waals surface area contributed by atoms with E-state index in [0.717, 1.165) is 28.3 Å². The minimum atomic E-state index is 0.106. The lowest BCUT2D eigenvalue weighted by Crippen LogP contribution is -2.28. The first-order valence-corrected chi connectivity index (χ1v) is 26.4. The van der Waals surface area contributed by atoms with Gasteiger partial charge in [0.15, 0.2) is 0 Å². The average molecular weight is 947 g/mol. The molecule has 1 heterocycles. The normalized spacial score (nSPS) is 13.5. The molecule has 2 aliphatic carbocycles. The van der Waals surface area contributed by atoms with Crippen LogP contribution in [-0.2, 0) is 5.41 Å². The first-order chi connectivity index (χ1) is 36.7. The standard InChI is InChI=1S/C72H54N2/c1-4-21-51(22-5-1)57-25-8-9-26-59(57)60-27-10-11-28-61(60)64-30-13-16-34-68(64)73(55-42-37-50(38-43-55)53-41-46-63-62-29-12-15-33-66(62)72(67(63)49-53)47-18-3-19-48-72)56-44-39-52(40-45-56)58-32-20-36-70-71(58)65-31-14-17-35-69(65)74(70)54-23-6-2-7-24-54/h1-2,4-17,20-46,49H,3,18-19,47-48H2. The first-order valence-electron chi connectivity index (χ1n) is 26.4. The zero-order valence-corrected chi connectivity index (χ0v) is 41.3. The van der Waals surface area contributed by atoms with Crippen LogP contribution in [0.5, 0.6) is 0 Å². The maximum Gasteiger partial charge on any atom is 0.0547 e. The highest BCUT2D eigenvalue weighted by Crippen LogP contribution is 2.56. The van der Waals surface area contributed by atoms with Crippen molar-refractivity contribution in [2.75, 3.05) is 4.90 Å². The van der Waals surface area contributed by atoms with Crippen LogP contribution in [0.1, 0.15) is 43.2 Å². The fraction of sp³-hybridized carbons (Fsp3) is 0.0833. The first kappa shape index (κ1) is 43.8. The highest BCUT2D eigenvalue weighted by Gasteiger charge is 2.43. The molecule has 2 heteroatoms. The van der Waals surface area contributed by atoms with Gasteiger partial charge in [-0.05, 0) is 146 Å². The Morgan fingerprint density at radius 2 is 0.811 bits per heavy atom. The van der Waals surface area contributed by atoms with E-state index < -0.39 is 0 Å². The molecule has 1 saturated carbocycles. The van der Waals surface area contributed by atoms with Crippen molar-refractivity contribution in [2.24, 2.45) is 0 Å². The summed E-state index contributed by atoms with van der Waals surface area (Å²) in [5.41, 5.74) is 24.9. The zero-order chi connectivity index (χ0) is 49.0. The summed E-state index contributed by atoms with van der Waals surface area (Å²) in [6, 6.07) is 98.8. The van der Waals surface area contributed by atoms with E-state index >= 15 is 0 Å². The predicted molar refractivity (Wildman–Crippen MR) is 312 cm³/mol. The Bertz CT molecular complexity index is 4030. The third-order valence-electron chi connectivity index (χ3n) is 16.2. The molecular formula is C72H54N2. The van der Waals surface area contributed by atoms with Gasteiger partial charge in [-0.1, -0.05) is 226 Å². The quantitative estimate of drug-likeness (QED) is 0.140. The summed E-state index contributed by atoms with van der Waals surface area (Å²) in [5, 5.41) is 2.51. The van der Waals surface area contributed by atoms with E-state index in [2.05, 4.69) is 276 Å².